The molecule has 1 atom stereocenters. The van der Waals surface area contributed by atoms with Crippen molar-refractivity contribution in [2.75, 3.05) is 0 Å². The van der Waals surface area contributed by atoms with Gasteiger partial charge in [-0.05, 0) is 30.7 Å². The SMILES string of the molecule is C[C@H](NC(=O)/C(=C/c1ccccc1)NC(=O)c1ccccc1)C(=O)O. The van der Waals surface area contributed by atoms with Crippen LogP contribution < -0.4 is 10.6 Å². The summed E-state index contributed by atoms with van der Waals surface area (Å²) in [6.07, 6.45) is 1.49. The van der Waals surface area contributed by atoms with Crippen molar-refractivity contribution in [3.63, 3.8) is 0 Å². The average Bonchev–Trinajstić information content (AvgIpc) is 2.62. The maximum atomic E-state index is 12.4. The number of nitrogens with one attached hydrogen (secondary N) is 2. The summed E-state index contributed by atoms with van der Waals surface area (Å²) in [7, 11) is 0. The number of carbonyl (C=O) groups is 3. The number of hydrogen-bond donors (Lipinski definition) is 3. The summed E-state index contributed by atoms with van der Waals surface area (Å²) in [5.41, 5.74) is 1.05. The van der Waals surface area contributed by atoms with Crippen LogP contribution in [-0.2, 0) is 9.59 Å². The quantitative estimate of drug-likeness (QED) is 0.703. The van der Waals surface area contributed by atoms with Crippen LogP contribution in [0.2, 0.25) is 0 Å². The minimum Gasteiger partial charge on any atom is -0.480 e. The van der Waals surface area contributed by atoms with E-state index >= 15 is 0 Å². The maximum Gasteiger partial charge on any atom is 0.325 e. The Balaban J connectivity index is 2.26. The van der Waals surface area contributed by atoms with Crippen LogP contribution in [0.1, 0.15) is 22.8 Å². The van der Waals surface area contributed by atoms with Crippen molar-refractivity contribution in [1.82, 2.24) is 10.6 Å². The highest BCUT2D eigenvalue weighted by molar-refractivity contribution is 6.06. The monoisotopic (exact) mass is 338 g/mol. The Bertz CT molecular complexity index is 786. The normalized spacial score (nSPS) is 12.1. The van der Waals surface area contributed by atoms with E-state index < -0.39 is 23.8 Å². The van der Waals surface area contributed by atoms with Crippen molar-refractivity contribution in [3.8, 4) is 0 Å². The van der Waals surface area contributed by atoms with E-state index in [4.69, 9.17) is 5.11 Å². The standard InChI is InChI=1S/C19H18N2O4/c1-13(19(24)25)20-18(23)16(12-14-8-4-2-5-9-14)21-17(22)15-10-6-3-7-11-15/h2-13H,1H3,(H,20,23)(H,21,22)(H,24,25)/b16-12-/t13-/m0/s1. The van der Waals surface area contributed by atoms with Gasteiger partial charge in [0, 0.05) is 5.56 Å². The summed E-state index contributed by atoms with van der Waals surface area (Å²) in [5.74, 6) is -2.30. The first-order chi connectivity index (χ1) is 12.0. The molecule has 2 aromatic carbocycles. The predicted octanol–water partition coefficient (Wildman–Crippen LogP) is 2.05. The first-order valence-corrected chi connectivity index (χ1v) is 7.64. The van der Waals surface area contributed by atoms with Crippen LogP contribution in [0.5, 0.6) is 0 Å². The Kier molecular flexibility index (Phi) is 6.06. The van der Waals surface area contributed by atoms with Gasteiger partial charge < -0.3 is 15.7 Å². The zero-order valence-corrected chi connectivity index (χ0v) is 13.6. The average molecular weight is 338 g/mol. The van der Waals surface area contributed by atoms with Gasteiger partial charge in [0.2, 0.25) is 0 Å². The third-order valence-corrected chi connectivity index (χ3v) is 3.36. The summed E-state index contributed by atoms with van der Waals surface area (Å²) >= 11 is 0. The van der Waals surface area contributed by atoms with Gasteiger partial charge in [0.05, 0.1) is 0 Å². The largest absolute Gasteiger partial charge is 0.480 e. The summed E-state index contributed by atoms with van der Waals surface area (Å²) in [4.78, 5) is 35.6. The zero-order valence-electron chi connectivity index (χ0n) is 13.6. The molecule has 0 saturated carbocycles. The van der Waals surface area contributed by atoms with E-state index in [2.05, 4.69) is 10.6 Å². The van der Waals surface area contributed by atoms with Crippen molar-refractivity contribution in [2.24, 2.45) is 0 Å². The Morgan fingerprint density at radius 1 is 0.960 bits per heavy atom. The fourth-order valence-corrected chi connectivity index (χ4v) is 1.99. The fraction of sp³-hybridized carbons (Fsp3) is 0.105. The lowest BCUT2D eigenvalue weighted by molar-refractivity contribution is -0.140. The number of benzene rings is 2. The second-order valence-electron chi connectivity index (χ2n) is 5.32. The molecule has 0 aliphatic rings. The molecular weight excluding hydrogens is 320 g/mol. The summed E-state index contributed by atoms with van der Waals surface area (Å²) in [5, 5.41) is 13.8. The van der Waals surface area contributed by atoms with Gasteiger partial charge in [-0.2, -0.15) is 0 Å². The van der Waals surface area contributed by atoms with Crippen LogP contribution in [0.15, 0.2) is 66.4 Å². The van der Waals surface area contributed by atoms with Crippen LogP contribution in [-0.4, -0.2) is 28.9 Å². The van der Waals surface area contributed by atoms with Crippen molar-refractivity contribution in [2.45, 2.75) is 13.0 Å². The van der Waals surface area contributed by atoms with Gasteiger partial charge in [0.25, 0.3) is 11.8 Å². The second-order valence-corrected chi connectivity index (χ2v) is 5.32. The number of hydrogen-bond acceptors (Lipinski definition) is 3. The molecule has 0 aliphatic carbocycles. The molecule has 0 radical (unpaired) electrons. The Labute approximate surface area is 145 Å². The number of carboxylic acid groups (broad SMARTS) is 1. The van der Waals surface area contributed by atoms with Crippen molar-refractivity contribution >= 4 is 23.9 Å². The zero-order chi connectivity index (χ0) is 18.2. The molecular formula is C19H18N2O4. The molecule has 6 nitrogen and oxygen atoms in total. The Morgan fingerprint density at radius 3 is 2.08 bits per heavy atom. The molecule has 2 amide bonds. The van der Waals surface area contributed by atoms with Crippen LogP contribution in [0.4, 0.5) is 0 Å². The lowest BCUT2D eigenvalue weighted by Crippen LogP contribution is -2.42. The lowest BCUT2D eigenvalue weighted by atomic mass is 10.1. The first kappa shape index (κ1) is 17.9. The molecule has 2 rings (SSSR count). The molecule has 25 heavy (non-hydrogen) atoms. The molecule has 0 unspecified atom stereocenters. The Morgan fingerprint density at radius 2 is 1.52 bits per heavy atom. The fourth-order valence-electron chi connectivity index (χ4n) is 1.99. The van der Waals surface area contributed by atoms with E-state index in [1.807, 2.05) is 6.07 Å². The summed E-state index contributed by atoms with van der Waals surface area (Å²) < 4.78 is 0. The van der Waals surface area contributed by atoms with Crippen molar-refractivity contribution < 1.29 is 19.5 Å². The maximum absolute atomic E-state index is 12.4. The number of carboxylic acids is 1. The minimum atomic E-state index is -1.17. The number of amides is 2. The summed E-state index contributed by atoms with van der Waals surface area (Å²) in [6.45, 7) is 1.35. The molecule has 0 aromatic heterocycles. The Hall–Kier alpha value is -3.41. The molecule has 0 bridgehead atoms. The van der Waals surface area contributed by atoms with E-state index in [-0.39, 0.29) is 5.70 Å². The van der Waals surface area contributed by atoms with Crippen LogP contribution >= 0.6 is 0 Å². The van der Waals surface area contributed by atoms with Gasteiger partial charge in [-0.25, -0.2) is 0 Å². The molecule has 0 fully saturated rings. The topological polar surface area (TPSA) is 95.5 Å². The molecule has 0 spiro atoms. The number of rotatable bonds is 6. The predicted molar refractivity (Wildman–Crippen MR) is 93.6 cm³/mol. The van der Waals surface area contributed by atoms with E-state index in [1.165, 1.54) is 13.0 Å². The third kappa shape index (κ3) is 5.31. The number of carbonyl (C=O) groups excluding carboxylic acids is 2. The highest BCUT2D eigenvalue weighted by Gasteiger charge is 2.19. The summed E-state index contributed by atoms with van der Waals surface area (Å²) in [6, 6.07) is 16.3. The molecule has 128 valence electrons. The molecule has 0 heterocycles. The third-order valence-electron chi connectivity index (χ3n) is 3.36. The van der Waals surface area contributed by atoms with Gasteiger partial charge in [-0.15, -0.1) is 0 Å². The van der Waals surface area contributed by atoms with Gasteiger partial charge >= 0.3 is 5.97 Å². The smallest absolute Gasteiger partial charge is 0.325 e. The second kappa shape index (κ2) is 8.44. The van der Waals surface area contributed by atoms with Crippen molar-refractivity contribution in [3.05, 3.63) is 77.5 Å². The van der Waals surface area contributed by atoms with Crippen LogP contribution in [0.25, 0.3) is 6.08 Å². The molecule has 2 aromatic rings. The van der Waals surface area contributed by atoms with Crippen LogP contribution in [0, 0.1) is 0 Å². The van der Waals surface area contributed by atoms with Gasteiger partial charge in [-0.3, -0.25) is 14.4 Å². The van der Waals surface area contributed by atoms with Crippen molar-refractivity contribution in [1.29, 1.82) is 0 Å². The van der Waals surface area contributed by atoms with Gasteiger partial charge in [0.15, 0.2) is 0 Å². The van der Waals surface area contributed by atoms with E-state index in [0.717, 1.165) is 0 Å². The molecule has 0 aliphatic heterocycles. The molecule has 0 saturated heterocycles. The van der Waals surface area contributed by atoms with Crippen LogP contribution in [0.3, 0.4) is 0 Å². The lowest BCUT2D eigenvalue weighted by Gasteiger charge is -2.13. The number of aliphatic carboxylic acids is 1. The molecule has 6 heteroatoms. The first-order valence-electron chi connectivity index (χ1n) is 7.64. The highest BCUT2D eigenvalue weighted by atomic mass is 16.4. The van der Waals surface area contributed by atoms with E-state index in [1.54, 1.807) is 54.6 Å². The van der Waals surface area contributed by atoms with Gasteiger partial charge in [0.1, 0.15) is 11.7 Å². The van der Waals surface area contributed by atoms with E-state index in [9.17, 15) is 14.4 Å². The van der Waals surface area contributed by atoms with E-state index in [0.29, 0.717) is 11.1 Å². The molecule has 3 N–H and O–H groups in total. The minimum absolute atomic E-state index is 0.0341. The van der Waals surface area contributed by atoms with Gasteiger partial charge in [-0.1, -0.05) is 48.5 Å². The highest BCUT2D eigenvalue weighted by Crippen LogP contribution is 2.07.